The van der Waals surface area contributed by atoms with Crippen molar-refractivity contribution in [2.24, 2.45) is 5.92 Å². The first-order valence-corrected chi connectivity index (χ1v) is 9.76. The Labute approximate surface area is 145 Å². The second kappa shape index (κ2) is 8.65. The first-order chi connectivity index (χ1) is 11.8. The van der Waals surface area contributed by atoms with E-state index in [9.17, 15) is 4.79 Å². The number of amides is 1. The van der Waals surface area contributed by atoms with Crippen LogP contribution in [0, 0.1) is 5.92 Å². The third-order valence-corrected chi connectivity index (χ3v) is 5.75. The quantitative estimate of drug-likeness (QED) is 0.842. The van der Waals surface area contributed by atoms with Gasteiger partial charge in [-0.05, 0) is 44.3 Å². The van der Waals surface area contributed by atoms with E-state index in [1.807, 2.05) is 16.9 Å². The van der Waals surface area contributed by atoms with Crippen molar-refractivity contribution in [3.05, 3.63) is 18.0 Å². The Morgan fingerprint density at radius 3 is 2.75 bits per heavy atom. The van der Waals surface area contributed by atoms with Gasteiger partial charge in [-0.2, -0.15) is 5.10 Å². The molecule has 2 aliphatic rings. The molecule has 5 heteroatoms. The number of hydrogen-bond acceptors (Lipinski definition) is 3. The van der Waals surface area contributed by atoms with Crippen molar-refractivity contribution < 1.29 is 4.79 Å². The van der Waals surface area contributed by atoms with Crippen LogP contribution in [0.3, 0.4) is 0 Å². The Balaban J connectivity index is 1.50. The van der Waals surface area contributed by atoms with Gasteiger partial charge in [0.05, 0.1) is 6.04 Å². The Kier molecular flexibility index (Phi) is 6.30. The Bertz CT molecular complexity index is 519. The van der Waals surface area contributed by atoms with Crippen molar-refractivity contribution in [3.63, 3.8) is 0 Å². The van der Waals surface area contributed by atoms with Crippen LogP contribution < -0.4 is 5.32 Å². The molecule has 2 heterocycles. The molecule has 5 nitrogen and oxygen atoms in total. The van der Waals surface area contributed by atoms with Crippen molar-refractivity contribution in [1.29, 1.82) is 0 Å². The molecule has 1 aromatic heterocycles. The number of piperidine rings is 1. The lowest BCUT2D eigenvalue weighted by Gasteiger charge is -2.33. The fraction of sp³-hybridized carbons (Fsp3) is 0.789. The molecule has 1 saturated carbocycles. The van der Waals surface area contributed by atoms with E-state index >= 15 is 0 Å². The zero-order chi connectivity index (χ0) is 16.8. The molecule has 1 aromatic rings. The molecular weight excluding hydrogens is 300 g/mol. The molecule has 1 N–H and O–H groups in total. The maximum Gasteiger partial charge on any atom is 0.271 e. The second-order valence-corrected chi connectivity index (χ2v) is 7.50. The fourth-order valence-corrected chi connectivity index (χ4v) is 4.26. The molecule has 0 spiro atoms. The Morgan fingerprint density at radius 1 is 1.21 bits per heavy atom. The molecule has 1 aliphatic heterocycles. The molecule has 0 bridgehead atoms. The third kappa shape index (κ3) is 4.59. The molecule has 1 amide bonds. The van der Waals surface area contributed by atoms with Gasteiger partial charge >= 0.3 is 0 Å². The van der Waals surface area contributed by atoms with Crippen molar-refractivity contribution >= 4 is 5.91 Å². The summed E-state index contributed by atoms with van der Waals surface area (Å²) >= 11 is 0. The van der Waals surface area contributed by atoms with Crippen LogP contribution in [0.25, 0.3) is 0 Å². The number of hydrogen-bond donors (Lipinski definition) is 1. The fourth-order valence-electron chi connectivity index (χ4n) is 4.26. The van der Waals surface area contributed by atoms with Crippen LogP contribution in [0.4, 0.5) is 0 Å². The van der Waals surface area contributed by atoms with Crippen LogP contribution in [0.1, 0.15) is 74.3 Å². The van der Waals surface area contributed by atoms with E-state index in [-0.39, 0.29) is 5.91 Å². The highest BCUT2D eigenvalue weighted by Gasteiger charge is 2.23. The van der Waals surface area contributed by atoms with Gasteiger partial charge in [0.2, 0.25) is 0 Å². The lowest BCUT2D eigenvalue weighted by Crippen LogP contribution is -2.38. The molecule has 0 unspecified atom stereocenters. The van der Waals surface area contributed by atoms with Gasteiger partial charge in [0.1, 0.15) is 5.69 Å². The van der Waals surface area contributed by atoms with E-state index in [2.05, 4.69) is 15.3 Å². The van der Waals surface area contributed by atoms with E-state index in [4.69, 9.17) is 0 Å². The van der Waals surface area contributed by atoms with Crippen LogP contribution in [0.15, 0.2) is 12.3 Å². The predicted octanol–water partition coefficient (Wildman–Crippen LogP) is 3.24. The standard InChI is InChI=1S/C19H32N4O/c1-20-19(24)18-11-14-23(21-18)17-9-6-12-22(15-17)13-10-16-7-4-2-3-5-8-16/h11,14,16-17H,2-10,12-13,15H2,1H3,(H,20,24)/t17-/m0/s1. The third-order valence-electron chi connectivity index (χ3n) is 5.75. The Morgan fingerprint density at radius 2 is 2.00 bits per heavy atom. The molecule has 0 radical (unpaired) electrons. The number of likely N-dealkylation sites (tertiary alicyclic amines) is 1. The minimum absolute atomic E-state index is 0.102. The summed E-state index contributed by atoms with van der Waals surface area (Å²) in [6.07, 6.45) is 14.3. The van der Waals surface area contributed by atoms with Gasteiger partial charge < -0.3 is 10.2 Å². The summed E-state index contributed by atoms with van der Waals surface area (Å²) in [5.74, 6) is 0.840. The molecule has 1 aliphatic carbocycles. The summed E-state index contributed by atoms with van der Waals surface area (Å²) in [6.45, 7) is 3.51. The summed E-state index contributed by atoms with van der Waals surface area (Å²) in [4.78, 5) is 14.3. The summed E-state index contributed by atoms with van der Waals surface area (Å²) < 4.78 is 2.00. The second-order valence-electron chi connectivity index (χ2n) is 7.50. The Hall–Kier alpha value is -1.36. The van der Waals surface area contributed by atoms with E-state index < -0.39 is 0 Å². The number of nitrogens with one attached hydrogen (secondary N) is 1. The zero-order valence-corrected chi connectivity index (χ0v) is 15.0. The van der Waals surface area contributed by atoms with E-state index in [1.54, 1.807) is 7.05 Å². The van der Waals surface area contributed by atoms with Crippen LogP contribution >= 0.6 is 0 Å². The average Bonchev–Trinajstić information content (AvgIpc) is 2.97. The smallest absolute Gasteiger partial charge is 0.271 e. The summed E-state index contributed by atoms with van der Waals surface area (Å²) in [7, 11) is 1.65. The average molecular weight is 332 g/mol. The van der Waals surface area contributed by atoms with Crippen molar-refractivity contribution in [2.75, 3.05) is 26.7 Å². The first-order valence-electron chi connectivity index (χ1n) is 9.76. The maximum atomic E-state index is 11.7. The number of nitrogens with zero attached hydrogens (tertiary/aromatic N) is 3. The maximum absolute atomic E-state index is 11.7. The largest absolute Gasteiger partial charge is 0.354 e. The van der Waals surface area contributed by atoms with Gasteiger partial charge in [0.25, 0.3) is 5.91 Å². The van der Waals surface area contributed by atoms with Crippen molar-refractivity contribution in [3.8, 4) is 0 Å². The highest BCUT2D eigenvalue weighted by atomic mass is 16.1. The molecule has 3 rings (SSSR count). The normalized spacial score (nSPS) is 23.8. The molecule has 0 aromatic carbocycles. The van der Waals surface area contributed by atoms with Crippen LogP contribution in [-0.2, 0) is 0 Å². The lowest BCUT2D eigenvalue weighted by molar-refractivity contribution is 0.0955. The number of carbonyl (C=O) groups excluding carboxylic acids is 1. The van der Waals surface area contributed by atoms with Crippen LogP contribution in [0.2, 0.25) is 0 Å². The van der Waals surface area contributed by atoms with E-state index in [0.717, 1.165) is 18.9 Å². The number of rotatable bonds is 5. The zero-order valence-electron chi connectivity index (χ0n) is 15.0. The molecule has 134 valence electrons. The van der Waals surface area contributed by atoms with Gasteiger partial charge in [-0.1, -0.05) is 38.5 Å². The van der Waals surface area contributed by atoms with Crippen molar-refractivity contribution in [2.45, 2.75) is 63.8 Å². The molecule has 2 fully saturated rings. The molecular formula is C19H32N4O. The van der Waals surface area contributed by atoms with Gasteiger partial charge in [0.15, 0.2) is 0 Å². The predicted molar refractivity (Wildman–Crippen MR) is 96.1 cm³/mol. The highest BCUT2D eigenvalue weighted by Crippen LogP contribution is 2.27. The number of carbonyl (C=O) groups is 1. The van der Waals surface area contributed by atoms with Gasteiger partial charge in [0, 0.05) is 19.8 Å². The summed E-state index contributed by atoms with van der Waals surface area (Å²) in [5.41, 5.74) is 0.521. The topological polar surface area (TPSA) is 50.2 Å². The minimum atomic E-state index is -0.102. The SMILES string of the molecule is CNC(=O)c1ccn([C@H]2CCCN(CCC3CCCCCC3)C2)n1. The summed E-state index contributed by atoms with van der Waals surface area (Å²) in [5, 5.41) is 7.12. The summed E-state index contributed by atoms with van der Waals surface area (Å²) in [6, 6.07) is 2.23. The lowest BCUT2D eigenvalue weighted by atomic mass is 9.95. The molecule has 1 atom stereocenters. The van der Waals surface area contributed by atoms with Crippen LogP contribution in [-0.4, -0.2) is 47.3 Å². The number of aromatic nitrogens is 2. The van der Waals surface area contributed by atoms with Crippen LogP contribution in [0.5, 0.6) is 0 Å². The minimum Gasteiger partial charge on any atom is -0.354 e. The first kappa shape index (κ1) is 17.5. The monoisotopic (exact) mass is 332 g/mol. The molecule has 1 saturated heterocycles. The van der Waals surface area contributed by atoms with E-state index in [0.29, 0.717) is 11.7 Å². The van der Waals surface area contributed by atoms with Gasteiger partial charge in [-0.15, -0.1) is 0 Å². The highest BCUT2D eigenvalue weighted by molar-refractivity contribution is 5.91. The molecule has 24 heavy (non-hydrogen) atoms. The van der Waals surface area contributed by atoms with E-state index in [1.165, 1.54) is 64.5 Å². The van der Waals surface area contributed by atoms with Crippen molar-refractivity contribution in [1.82, 2.24) is 20.0 Å². The van der Waals surface area contributed by atoms with Gasteiger partial charge in [-0.25, -0.2) is 0 Å². The van der Waals surface area contributed by atoms with Gasteiger partial charge in [-0.3, -0.25) is 9.48 Å².